The van der Waals surface area contributed by atoms with E-state index in [1.54, 1.807) is 24.3 Å². The van der Waals surface area contributed by atoms with E-state index in [0.29, 0.717) is 12.2 Å². The number of hydrogen-bond donors (Lipinski definition) is 2. The van der Waals surface area contributed by atoms with E-state index in [1.807, 2.05) is 12.1 Å². The van der Waals surface area contributed by atoms with Crippen molar-refractivity contribution >= 4 is 0 Å². The molecule has 1 heterocycles. The Hall–Kier alpha value is -2.11. The predicted molar refractivity (Wildman–Crippen MR) is 98.8 cm³/mol. The predicted octanol–water partition coefficient (Wildman–Crippen LogP) is 3.36. The molecular weight excluding hydrogens is 333 g/mol. The van der Waals surface area contributed by atoms with Crippen LogP contribution in [0.15, 0.2) is 42.5 Å². The van der Waals surface area contributed by atoms with Gasteiger partial charge < -0.3 is 14.9 Å². The van der Waals surface area contributed by atoms with Gasteiger partial charge >= 0.3 is 0 Å². The molecular formula is C21H26FNO3. The summed E-state index contributed by atoms with van der Waals surface area (Å²) in [5, 5.41) is 19.9. The Balaban J connectivity index is 1.61. The Bertz CT molecular complexity index is 742. The normalized spacial score (nSPS) is 17.2. The average Bonchev–Trinajstić information content (AvgIpc) is 2.64. The van der Waals surface area contributed by atoms with Gasteiger partial charge in [-0.3, -0.25) is 4.90 Å². The summed E-state index contributed by atoms with van der Waals surface area (Å²) in [6.07, 6.45) is 2.42. The number of phenols is 1. The highest BCUT2D eigenvalue weighted by atomic mass is 19.1. The molecule has 0 radical (unpaired) electrons. The van der Waals surface area contributed by atoms with E-state index < -0.39 is 0 Å². The van der Waals surface area contributed by atoms with Crippen molar-refractivity contribution in [3.05, 3.63) is 59.4 Å². The van der Waals surface area contributed by atoms with E-state index in [4.69, 9.17) is 4.74 Å². The largest absolute Gasteiger partial charge is 0.504 e. The first kappa shape index (κ1) is 18.7. The third-order valence-corrected chi connectivity index (χ3v) is 5.37. The first-order chi connectivity index (χ1) is 12.5. The molecule has 0 aromatic heterocycles. The van der Waals surface area contributed by atoms with Crippen LogP contribution < -0.4 is 4.74 Å². The molecule has 0 aliphatic carbocycles. The number of nitrogens with zero attached hydrogens (tertiary/aromatic N) is 1. The van der Waals surface area contributed by atoms with Gasteiger partial charge in [-0.15, -0.1) is 0 Å². The van der Waals surface area contributed by atoms with Crippen LogP contribution >= 0.6 is 0 Å². The molecule has 0 bridgehead atoms. The highest BCUT2D eigenvalue weighted by Crippen LogP contribution is 2.36. The number of methoxy groups -OCH3 is 1. The van der Waals surface area contributed by atoms with E-state index in [9.17, 15) is 14.6 Å². The highest BCUT2D eigenvalue weighted by Gasteiger charge is 2.34. The quantitative estimate of drug-likeness (QED) is 0.830. The maximum Gasteiger partial charge on any atom is 0.160 e. The second-order valence-corrected chi connectivity index (χ2v) is 7.25. The van der Waals surface area contributed by atoms with Crippen LogP contribution in [-0.4, -0.2) is 41.9 Å². The van der Waals surface area contributed by atoms with Crippen LogP contribution in [0.2, 0.25) is 0 Å². The van der Waals surface area contributed by atoms with Crippen molar-refractivity contribution in [1.29, 1.82) is 0 Å². The molecule has 0 atom stereocenters. The van der Waals surface area contributed by atoms with E-state index in [-0.39, 0.29) is 23.6 Å². The number of hydrogen-bond acceptors (Lipinski definition) is 4. The number of halogens is 1. The van der Waals surface area contributed by atoms with Crippen LogP contribution in [0.1, 0.15) is 24.0 Å². The Labute approximate surface area is 153 Å². The SMILES string of the molecule is COc1ccc(CN2CCC(CO)(Cc3cccc(F)c3)CC2)cc1O. The third kappa shape index (κ3) is 4.34. The second kappa shape index (κ2) is 8.06. The lowest BCUT2D eigenvalue weighted by atomic mass is 9.74. The van der Waals surface area contributed by atoms with Crippen LogP contribution in [0, 0.1) is 11.2 Å². The number of ether oxygens (including phenoxy) is 1. The van der Waals surface area contributed by atoms with E-state index in [2.05, 4.69) is 4.90 Å². The van der Waals surface area contributed by atoms with E-state index >= 15 is 0 Å². The maximum absolute atomic E-state index is 13.4. The number of likely N-dealkylation sites (tertiary alicyclic amines) is 1. The van der Waals surface area contributed by atoms with Gasteiger partial charge in [0.2, 0.25) is 0 Å². The number of aliphatic hydroxyl groups excluding tert-OH is 1. The number of rotatable bonds is 6. The fourth-order valence-corrected chi connectivity index (χ4v) is 3.75. The molecule has 1 aliphatic heterocycles. The number of benzene rings is 2. The van der Waals surface area contributed by atoms with Crippen LogP contribution in [0.5, 0.6) is 11.5 Å². The van der Waals surface area contributed by atoms with Crippen molar-refractivity contribution in [1.82, 2.24) is 4.90 Å². The van der Waals surface area contributed by atoms with Crippen molar-refractivity contribution in [2.45, 2.75) is 25.8 Å². The van der Waals surface area contributed by atoms with Gasteiger partial charge in [0.25, 0.3) is 0 Å². The van der Waals surface area contributed by atoms with Crippen LogP contribution in [0.4, 0.5) is 4.39 Å². The monoisotopic (exact) mass is 359 g/mol. The lowest BCUT2D eigenvalue weighted by molar-refractivity contribution is 0.0413. The fourth-order valence-electron chi connectivity index (χ4n) is 3.75. The molecule has 0 amide bonds. The van der Waals surface area contributed by atoms with Crippen molar-refractivity contribution in [3.63, 3.8) is 0 Å². The zero-order valence-electron chi connectivity index (χ0n) is 15.1. The molecule has 2 aromatic rings. The molecule has 0 unspecified atom stereocenters. The Morgan fingerprint density at radius 1 is 1.12 bits per heavy atom. The topological polar surface area (TPSA) is 52.9 Å². The van der Waals surface area contributed by atoms with Gasteiger partial charge in [-0.1, -0.05) is 18.2 Å². The minimum atomic E-state index is -0.229. The minimum absolute atomic E-state index is 0.112. The molecule has 1 fully saturated rings. The molecule has 2 aromatic carbocycles. The summed E-state index contributed by atoms with van der Waals surface area (Å²) in [4.78, 5) is 2.32. The molecule has 0 spiro atoms. The molecule has 1 aliphatic rings. The van der Waals surface area contributed by atoms with Crippen molar-refractivity contribution in [2.24, 2.45) is 5.41 Å². The highest BCUT2D eigenvalue weighted by molar-refractivity contribution is 5.41. The van der Waals surface area contributed by atoms with Crippen LogP contribution in [-0.2, 0) is 13.0 Å². The van der Waals surface area contributed by atoms with Crippen molar-refractivity contribution < 1.29 is 19.3 Å². The summed E-state index contributed by atoms with van der Waals surface area (Å²) in [6.45, 7) is 2.59. The fraction of sp³-hybridized carbons (Fsp3) is 0.429. The molecule has 3 rings (SSSR count). The smallest absolute Gasteiger partial charge is 0.160 e. The molecule has 4 nitrogen and oxygen atoms in total. The number of phenolic OH excluding ortho intramolecular Hbond substituents is 1. The molecule has 140 valence electrons. The Morgan fingerprint density at radius 3 is 2.50 bits per heavy atom. The van der Waals surface area contributed by atoms with Gasteiger partial charge in [-0.25, -0.2) is 4.39 Å². The first-order valence-corrected chi connectivity index (χ1v) is 8.97. The number of aliphatic hydroxyl groups is 1. The molecule has 0 saturated carbocycles. The summed E-state index contributed by atoms with van der Waals surface area (Å²) in [5.74, 6) is 0.395. The summed E-state index contributed by atoms with van der Waals surface area (Å²) < 4.78 is 18.5. The molecule has 5 heteroatoms. The molecule has 1 saturated heterocycles. The van der Waals surface area contributed by atoms with Gasteiger partial charge in [0, 0.05) is 13.2 Å². The van der Waals surface area contributed by atoms with Crippen molar-refractivity contribution in [3.8, 4) is 11.5 Å². The maximum atomic E-state index is 13.4. The van der Waals surface area contributed by atoms with E-state index in [1.165, 1.54) is 13.2 Å². The second-order valence-electron chi connectivity index (χ2n) is 7.25. The lowest BCUT2D eigenvalue weighted by Gasteiger charge is -2.41. The molecule has 2 N–H and O–H groups in total. The van der Waals surface area contributed by atoms with Crippen LogP contribution in [0.3, 0.4) is 0 Å². The Kier molecular flexibility index (Phi) is 5.79. The summed E-state index contributed by atoms with van der Waals surface area (Å²) in [5.41, 5.74) is 1.78. The summed E-state index contributed by atoms with van der Waals surface area (Å²) in [7, 11) is 1.53. The summed E-state index contributed by atoms with van der Waals surface area (Å²) in [6, 6.07) is 12.1. The molecule has 26 heavy (non-hydrogen) atoms. The number of piperidine rings is 1. The third-order valence-electron chi connectivity index (χ3n) is 5.37. The standard InChI is InChI=1S/C21H26FNO3/c1-26-20-6-5-17(12-19(20)25)14-23-9-7-21(15-24,8-10-23)13-16-3-2-4-18(22)11-16/h2-6,11-12,24-25H,7-10,13-15H2,1H3. The van der Waals surface area contributed by atoms with Crippen molar-refractivity contribution in [2.75, 3.05) is 26.8 Å². The Morgan fingerprint density at radius 2 is 1.88 bits per heavy atom. The average molecular weight is 359 g/mol. The van der Waals surface area contributed by atoms with Crippen LogP contribution in [0.25, 0.3) is 0 Å². The minimum Gasteiger partial charge on any atom is -0.504 e. The summed E-state index contributed by atoms with van der Waals surface area (Å²) >= 11 is 0. The first-order valence-electron chi connectivity index (χ1n) is 8.97. The van der Waals surface area contributed by atoms with Gasteiger partial charge in [0.1, 0.15) is 5.82 Å². The van der Waals surface area contributed by atoms with E-state index in [0.717, 1.165) is 43.6 Å². The zero-order chi connectivity index (χ0) is 18.6. The lowest BCUT2D eigenvalue weighted by Crippen LogP contribution is -2.42. The number of aromatic hydroxyl groups is 1. The zero-order valence-corrected chi connectivity index (χ0v) is 15.1. The van der Waals surface area contributed by atoms with Gasteiger partial charge in [0.05, 0.1) is 7.11 Å². The van der Waals surface area contributed by atoms with Gasteiger partial charge in [-0.05, 0) is 73.2 Å². The van der Waals surface area contributed by atoms with Gasteiger partial charge in [0.15, 0.2) is 11.5 Å². The van der Waals surface area contributed by atoms with Gasteiger partial charge in [-0.2, -0.15) is 0 Å².